The van der Waals surface area contributed by atoms with Crippen LogP contribution in [0.15, 0.2) is 212 Å². The van der Waals surface area contributed by atoms with Crippen LogP contribution >= 0.6 is 0 Å². The van der Waals surface area contributed by atoms with E-state index in [1.165, 1.54) is 66.5 Å². The third-order valence-electron chi connectivity index (χ3n) is 12.1. The minimum Gasteiger partial charge on any atom is -0.355 e. The number of allylic oxidation sites excluding steroid dienone is 5. The van der Waals surface area contributed by atoms with Crippen LogP contribution in [-0.2, 0) is 6.42 Å². The molecule has 2 heteroatoms. The monoisotopic (exact) mass is 758 g/mol. The Balaban J connectivity index is 1.00. The van der Waals surface area contributed by atoms with Crippen LogP contribution in [0.2, 0.25) is 0 Å². The lowest BCUT2D eigenvalue weighted by atomic mass is 9.77. The zero-order valence-electron chi connectivity index (χ0n) is 33.3. The van der Waals surface area contributed by atoms with E-state index < -0.39 is 0 Å². The molecule has 0 amide bonds. The third kappa shape index (κ3) is 7.19. The number of nitrogens with one attached hydrogen (secondary N) is 1. The summed E-state index contributed by atoms with van der Waals surface area (Å²) in [5.74, 6) is 0.675. The molecule has 8 aromatic carbocycles. The Morgan fingerprint density at radius 1 is 0.492 bits per heavy atom. The normalized spacial score (nSPS) is 15.5. The largest absolute Gasteiger partial charge is 0.355 e. The maximum atomic E-state index is 3.98. The fourth-order valence-corrected chi connectivity index (χ4v) is 9.03. The number of nitrogens with zero attached hydrogens (tertiary/aromatic N) is 1. The topological polar surface area (TPSA) is 15.3 Å². The van der Waals surface area contributed by atoms with E-state index >= 15 is 0 Å². The molecule has 0 saturated heterocycles. The van der Waals surface area contributed by atoms with Crippen LogP contribution in [-0.4, -0.2) is 0 Å². The first kappa shape index (κ1) is 36.2. The lowest BCUT2D eigenvalue weighted by Gasteiger charge is -2.30. The van der Waals surface area contributed by atoms with Crippen LogP contribution in [0.25, 0.3) is 50.2 Å². The van der Waals surface area contributed by atoms with Gasteiger partial charge in [-0.3, -0.25) is 0 Å². The minimum absolute atomic E-state index is 0.280. The average Bonchev–Trinajstić information content (AvgIpc) is 3.31. The first-order chi connectivity index (χ1) is 29.2. The molecule has 0 radical (unpaired) electrons. The van der Waals surface area contributed by atoms with Crippen LogP contribution in [0.5, 0.6) is 0 Å². The lowest BCUT2D eigenvalue weighted by Crippen LogP contribution is -2.13. The first-order valence-electron chi connectivity index (χ1n) is 20.9. The zero-order chi connectivity index (χ0) is 39.5. The molecule has 10 rings (SSSR count). The smallest absolute Gasteiger partial charge is 0.0505 e. The fraction of sp³-hybridized carbons (Fsp3) is 0.0877. The van der Waals surface area contributed by atoms with Crippen LogP contribution in [0, 0.1) is 5.92 Å². The predicted molar refractivity (Wildman–Crippen MR) is 252 cm³/mol. The molecule has 2 nitrogen and oxygen atoms in total. The molecule has 2 aliphatic carbocycles. The number of hydrogen-bond acceptors (Lipinski definition) is 2. The highest BCUT2D eigenvalue weighted by molar-refractivity contribution is 6.00. The van der Waals surface area contributed by atoms with Crippen molar-refractivity contribution >= 4 is 45.3 Å². The molecular weight excluding hydrogens is 713 g/mol. The summed E-state index contributed by atoms with van der Waals surface area (Å²) in [6, 6.07) is 65.9. The Labute approximate surface area is 348 Å². The number of aryl methyl sites for hydroxylation is 1. The van der Waals surface area contributed by atoms with Gasteiger partial charge in [-0.2, -0.15) is 0 Å². The van der Waals surface area contributed by atoms with Gasteiger partial charge in [-0.05, 0) is 123 Å². The molecule has 284 valence electrons. The summed E-state index contributed by atoms with van der Waals surface area (Å²) in [5.41, 5.74) is 16.9. The average molecular weight is 759 g/mol. The van der Waals surface area contributed by atoms with Gasteiger partial charge in [0.1, 0.15) is 0 Å². The summed E-state index contributed by atoms with van der Waals surface area (Å²) >= 11 is 0. The molecule has 2 aliphatic rings. The van der Waals surface area contributed by atoms with Crippen molar-refractivity contribution in [2.45, 2.75) is 25.7 Å². The van der Waals surface area contributed by atoms with E-state index in [-0.39, 0.29) is 5.92 Å². The third-order valence-corrected chi connectivity index (χ3v) is 12.1. The number of benzene rings is 8. The number of fused-ring (bicyclic) bond motifs is 3. The summed E-state index contributed by atoms with van der Waals surface area (Å²) in [5, 5.41) is 6.71. The first-order valence-corrected chi connectivity index (χ1v) is 20.9. The van der Waals surface area contributed by atoms with Crippen molar-refractivity contribution in [3.8, 4) is 33.4 Å². The van der Waals surface area contributed by atoms with Gasteiger partial charge < -0.3 is 10.2 Å². The molecule has 0 heterocycles. The van der Waals surface area contributed by atoms with Gasteiger partial charge in [0.2, 0.25) is 0 Å². The number of hydrogen-bond donors (Lipinski definition) is 1. The number of rotatable bonds is 9. The molecule has 0 bridgehead atoms. The molecule has 59 heavy (non-hydrogen) atoms. The second-order valence-electron chi connectivity index (χ2n) is 15.7. The lowest BCUT2D eigenvalue weighted by molar-refractivity contribution is 0.640. The maximum absolute atomic E-state index is 3.98. The van der Waals surface area contributed by atoms with Crippen molar-refractivity contribution < 1.29 is 0 Å². The fourth-order valence-electron chi connectivity index (χ4n) is 9.03. The molecule has 2 unspecified atom stereocenters. The minimum atomic E-state index is 0.280. The van der Waals surface area contributed by atoms with Crippen LogP contribution < -0.4 is 10.2 Å². The highest BCUT2D eigenvalue weighted by Crippen LogP contribution is 2.46. The summed E-state index contributed by atoms with van der Waals surface area (Å²) in [4.78, 5) is 2.36. The van der Waals surface area contributed by atoms with Crippen molar-refractivity contribution in [2.24, 2.45) is 5.92 Å². The Kier molecular flexibility index (Phi) is 9.82. The van der Waals surface area contributed by atoms with E-state index in [1.807, 2.05) is 0 Å². The molecule has 0 spiro atoms. The van der Waals surface area contributed by atoms with Crippen LogP contribution in [0.3, 0.4) is 0 Å². The van der Waals surface area contributed by atoms with E-state index in [9.17, 15) is 0 Å². The molecule has 0 aliphatic heterocycles. The maximum Gasteiger partial charge on any atom is 0.0505 e. The van der Waals surface area contributed by atoms with Crippen molar-refractivity contribution in [2.75, 3.05) is 10.2 Å². The van der Waals surface area contributed by atoms with Gasteiger partial charge in [0.25, 0.3) is 0 Å². The molecule has 1 N–H and O–H groups in total. The van der Waals surface area contributed by atoms with Gasteiger partial charge in [-0.25, -0.2) is 0 Å². The standard InChI is InChI=1S/C57H46N2/c1-40-15-8-9-22-51(40)56-54-25-12-10-23-52(54)53-24-11-13-26-55(53)57(56)58-47-33-27-45(28-34-47)46-20-14-21-50(39-46)59(48-35-29-43(30-36-48)41-16-4-2-5-17-41)49-37-31-44(32-38-49)42-18-6-3-7-19-42/h2-10,12-23,25-40,51,58H,11,24H2,1H3. The Morgan fingerprint density at radius 2 is 1.03 bits per heavy atom. The van der Waals surface area contributed by atoms with E-state index in [1.54, 1.807) is 0 Å². The van der Waals surface area contributed by atoms with Crippen molar-refractivity contribution in [3.05, 3.63) is 229 Å². The molecule has 8 aromatic rings. The van der Waals surface area contributed by atoms with Gasteiger partial charge in [0, 0.05) is 34.2 Å². The van der Waals surface area contributed by atoms with Gasteiger partial charge >= 0.3 is 0 Å². The molecule has 2 atom stereocenters. The van der Waals surface area contributed by atoms with Crippen molar-refractivity contribution in [1.29, 1.82) is 0 Å². The van der Waals surface area contributed by atoms with Gasteiger partial charge in [-0.1, -0.05) is 177 Å². The summed E-state index contributed by atoms with van der Waals surface area (Å²) < 4.78 is 0. The zero-order valence-corrected chi connectivity index (χ0v) is 33.3. The van der Waals surface area contributed by atoms with Crippen molar-refractivity contribution in [3.63, 3.8) is 0 Å². The van der Waals surface area contributed by atoms with Gasteiger partial charge in [-0.15, -0.1) is 0 Å². The molecule has 0 aromatic heterocycles. The Hall–Kier alpha value is -7.16. The Morgan fingerprint density at radius 3 is 1.68 bits per heavy atom. The van der Waals surface area contributed by atoms with E-state index in [2.05, 4.69) is 236 Å². The quantitative estimate of drug-likeness (QED) is 0.158. The van der Waals surface area contributed by atoms with E-state index in [0.29, 0.717) is 5.92 Å². The SMILES string of the molecule is CC1C=CC=CC1c1c(Nc2ccc(-c3cccc(N(c4ccc(-c5ccccc5)cc4)c4ccc(-c5ccccc5)cc4)c3)cc2)c2c(c3ccccc13)CCC=C2. The molecule has 0 saturated carbocycles. The predicted octanol–water partition coefficient (Wildman–Crippen LogP) is 15.9. The van der Waals surface area contributed by atoms with Crippen molar-refractivity contribution in [1.82, 2.24) is 0 Å². The summed E-state index contributed by atoms with van der Waals surface area (Å²) in [6.07, 6.45) is 15.9. The van der Waals surface area contributed by atoms with Crippen LogP contribution in [0.4, 0.5) is 28.4 Å². The second kappa shape index (κ2) is 16.0. The van der Waals surface area contributed by atoms with Crippen LogP contribution in [0.1, 0.15) is 36.0 Å². The van der Waals surface area contributed by atoms with E-state index in [0.717, 1.165) is 35.6 Å². The highest BCUT2D eigenvalue weighted by atomic mass is 15.1. The highest BCUT2D eigenvalue weighted by Gasteiger charge is 2.27. The Bertz CT molecular complexity index is 2750. The van der Waals surface area contributed by atoms with Gasteiger partial charge in [0.15, 0.2) is 0 Å². The summed E-state index contributed by atoms with van der Waals surface area (Å²) in [6.45, 7) is 2.34. The second-order valence-corrected chi connectivity index (χ2v) is 15.7. The van der Waals surface area contributed by atoms with Gasteiger partial charge in [0.05, 0.1) is 5.69 Å². The number of anilines is 5. The molecular formula is C57H46N2. The summed E-state index contributed by atoms with van der Waals surface area (Å²) in [7, 11) is 0. The van der Waals surface area contributed by atoms with E-state index in [4.69, 9.17) is 0 Å². The molecule has 0 fully saturated rings.